The standard InChI is InChI=1S/C10H10BrFO2/c1-6(13)7(2)14-10-4-3-8(11)5-9(10)12/h3-5,7H,1-2H3. The number of benzene rings is 1. The summed E-state index contributed by atoms with van der Waals surface area (Å²) in [5, 5.41) is 0. The van der Waals surface area contributed by atoms with Gasteiger partial charge in [-0.3, -0.25) is 4.79 Å². The number of halogens is 2. The van der Waals surface area contributed by atoms with E-state index >= 15 is 0 Å². The number of carbonyl (C=O) groups excluding carboxylic acids is 1. The summed E-state index contributed by atoms with van der Waals surface area (Å²) >= 11 is 3.13. The number of hydrogen-bond donors (Lipinski definition) is 0. The number of Topliss-reactive ketones (excluding diaryl/α,β-unsaturated/α-hetero) is 1. The summed E-state index contributed by atoms with van der Waals surface area (Å²) in [7, 11) is 0. The van der Waals surface area contributed by atoms with Gasteiger partial charge in [-0.25, -0.2) is 4.39 Å². The van der Waals surface area contributed by atoms with Gasteiger partial charge in [-0.1, -0.05) is 15.9 Å². The van der Waals surface area contributed by atoms with Gasteiger partial charge in [0.15, 0.2) is 23.5 Å². The molecular weight excluding hydrogens is 251 g/mol. The minimum Gasteiger partial charge on any atom is -0.480 e. The number of ketones is 1. The maximum absolute atomic E-state index is 13.2. The van der Waals surface area contributed by atoms with Crippen molar-refractivity contribution in [2.24, 2.45) is 0 Å². The van der Waals surface area contributed by atoms with Gasteiger partial charge in [0.1, 0.15) is 0 Å². The van der Waals surface area contributed by atoms with Gasteiger partial charge in [0.25, 0.3) is 0 Å². The minimum atomic E-state index is -0.620. The second-order valence-corrected chi connectivity index (χ2v) is 3.86. The Labute approximate surface area is 90.2 Å². The van der Waals surface area contributed by atoms with E-state index in [-0.39, 0.29) is 11.5 Å². The van der Waals surface area contributed by atoms with E-state index in [0.29, 0.717) is 4.47 Å². The zero-order valence-electron chi connectivity index (χ0n) is 7.88. The highest BCUT2D eigenvalue weighted by atomic mass is 79.9. The van der Waals surface area contributed by atoms with E-state index in [9.17, 15) is 9.18 Å². The Morgan fingerprint density at radius 1 is 1.57 bits per heavy atom. The second-order valence-electron chi connectivity index (χ2n) is 2.95. The zero-order chi connectivity index (χ0) is 10.7. The van der Waals surface area contributed by atoms with Crippen molar-refractivity contribution in [2.45, 2.75) is 20.0 Å². The van der Waals surface area contributed by atoms with Crippen molar-refractivity contribution in [2.75, 3.05) is 0 Å². The van der Waals surface area contributed by atoms with Gasteiger partial charge in [-0.15, -0.1) is 0 Å². The highest BCUT2D eigenvalue weighted by molar-refractivity contribution is 9.10. The Balaban J connectivity index is 2.82. The third-order valence-corrected chi connectivity index (χ3v) is 2.26. The van der Waals surface area contributed by atoms with Crippen LogP contribution in [0.15, 0.2) is 22.7 Å². The van der Waals surface area contributed by atoms with E-state index in [0.717, 1.165) is 0 Å². The molecule has 1 aromatic rings. The summed E-state index contributed by atoms with van der Waals surface area (Å²) in [4.78, 5) is 10.9. The summed E-state index contributed by atoms with van der Waals surface area (Å²) in [6.07, 6.45) is -0.620. The number of rotatable bonds is 3. The first-order valence-corrected chi connectivity index (χ1v) is 4.92. The highest BCUT2D eigenvalue weighted by Gasteiger charge is 2.12. The van der Waals surface area contributed by atoms with Crippen LogP contribution in [0.3, 0.4) is 0 Å². The Morgan fingerprint density at radius 2 is 2.21 bits per heavy atom. The SMILES string of the molecule is CC(=O)C(C)Oc1ccc(Br)cc1F. The first-order chi connectivity index (χ1) is 6.50. The monoisotopic (exact) mass is 260 g/mol. The molecular formula is C10H10BrFO2. The fourth-order valence-electron chi connectivity index (χ4n) is 0.844. The van der Waals surface area contributed by atoms with Crippen LogP contribution in [0.4, 0.5) is 4.39 Å². The van der Waals surface area contributed by atoms with Gasteiger partial charge in [-0.2, -0.15) is 0 Å². The van der Waals surface area contributed by atoms with Crippen molar-refractivity contribution >= 4 is 21.7 Å². The molecule has 0 aliphatic heterocycles. The summed E-state index contributed by atoms with van der Waals surface area (Å²) in [6, 6.07) is 4.44. The third kappa shape index (κ3) is 2.80. The molecule has 0 saturated carbocycles. The van der Waals surface area contributed by atoms with Crippen LogP contribution >= 0.6 is 15.9 Å². The second kappa shape index (κ2) is 4.55. The molecule has 0 saturated heterocycles. The van der Waals surface area contributed by atoms with Crippen molar-refractivity contribution in [1.29, 1.82) is 0 Å². The predicted octanol–water partition coefficient (Wildman–Crippen LogP) is 2.94. The normalized spacial score (nSPS) is 12.3. The zero-order valence-corrected chi connectivity index (χ0v) is 9.47. The summed E-state index contributed by atoms with van der Waals surface area (Å²) in [5.41, 5.74) is 0. The van der Waals surface area contributed by atoms with Gasteiger partial charge in [0.05, 0.1) is 0 Å². The van der Waals surface area contributed by atoms with E-state index in [1.165, 1.54) is 19.1 Å². The van der Waals surface area contributed by atoms with Gasteiger partial charge >= 0.3 is 0 Å². The molecule has 0 spiro atoms. The average Bonchev–Trinajstić information content (AvgIpc) is 2.09. The summed E-state index contributed by atoms with van der Waals surface area (Å²) < 4.78 is 19.0. The van der Waals surface area contributed by atoms with Gasteiger partial charge in [-0.05, 0) is 32.0 Å². The Morgan fingerprint density at radius 3 is 2.71 bits per heavy atom. The molecule has 76 valence electrons. The van der Waals surface area contributed by atoms with E-state index in [4.69, 9.17) is 4.74 Å². The highest BCUT2D eigenvalue weighted by Crippen LogP contribution is 2.22. The van der Waals surface area contributed by atoms with Crippen LogP contribution in [0, 0.1) is 5.82 Å². The van der Waals surface area contributed by atoms with Gasteiger partial charge in [0.2, 0.25) is 0 Å². The van der Waals surface area contributed by atoms with Crippen molar-refractivity contribution in [3.63, 3.8) is 0 Å². The lowest BCUT2D eigenvalue weighted by molar-refractivity contribution is -0.122. The third-order valence-electron chi connectivity index (χ3n) is 1.77. The molecule has 0 radical (unpaired) electrons. The molecule has 0 aromatic heterocycles. The van der Waals surface area contributed by atoms with E-state index in [1.807, 2.05) is 0 Å². The van der Waals surface area contributed by atoms with E-state index < -0.39 is 11.9 Å². The van der Waals surface area contributed by atoms with Crippen LogP contribution in [-0.4, -0.2) is 11.9 Å². The van der Waals surface area contributed by atoms with Gasteiger partial charge < -0.3 is 4.74 Å². The molecule has 0 N–H and O–H groups in total. The summed E-state index contributed by atoms with van der Waals surface area (Å²) in [6.45, 7) is 2.99. The molecule has 0 fully saturated rings. The van der Waals surface area contributed by atoms with E-state index in [2.05, 4.69) is 15.9 Å². The van der Waals surface area contributed by atoms with Crippen LogP contribution < -0.4 is 4.74 Å². The molecule has 4 heteroatoms. The molecule has 1 aromatic carbocycles. The molecule has 0 aliphatic carbocycles. The molecule has 0 heterocycles. The quantitative estimate of drug-likeness (QED) is 0.836. The lowest BCUT2D eigenvalue weighted by atomic mass is 10.3. The van der Waals surface area contributed by atoms with Crippen molar-refractivity contribution in [3.05, 3.63) is 28.5 Å². The van der Waals surface area contributed by atoms with Crippen molar-refractivity contribution in [1.82, 2.24) is 0 Å². The molecule has 14 heavy (non-hydrogen) atoms. The maximum Gasteiger partial charge on any atom is 0.169 e. The molecule has 0 aliphatic rings. The van der Waals surface area contributed by atoms with Crippen molar-refractivity contribution in [3.8, 4) is 5.75 Å². The number of carbonyl (C=O) groups is 1. The molecule has 0 amide bonds. The van der Waals surface area contributed by atoms with Crippen LogP contribution in [-0.2, 0) is 4.79 Å². The Bertz CT molecular complexity index is 352. The average molecular weight is 261 g/mol. The Hall–Kier alpha value is -0.900. The van der Waals surface area contributed by atoms with Crippen LogP contribution in [0.5, 0.6) is 5.75 Å². The van der Waals surface area contributed by atoms with Crippen LogP contribution in [0.2, 0.25) is 0 Å². The lowest BCUT2D eigenvalue weighted by Crippen LogP contribution is -2.21. The fraction of sp³-hybridized carbons (Fsp3) is 0.300. The fourth-order valence-corrected chi connectivity index (χ4v) is 1.18. The minimum absolute atomic E-state index is 0.0934. The molecule has 1 unspecified atom stereocenters. The molecule has 0 bridgehead atoms. The topological polar surface area (TPSA) is 26.3 Å². The van der Waals surface area contributed by atoms with Crippen LogP contribution in [0.1, 0.15) is 13.8 Å². The first-order valence-electron chi connectivity index (χ1n) is 4.13. The van der Waals surface area contributed by atoms with Crippen LogP contribution in [0.25, 0.3) is 0 Å². The van der Waals surface area contributed by atoms with Crippen molar-refractivity contribution < 1.29 is 13.9 Å². The molecule has 2 nitrogen and oxygen atoms in total. The number of ether oxygens (including phenoxy) is 1. The molecule has 1 atom stereocenters. The number of hydrogen-bond acceptors (Lipinski definition) is 2. The largest absolute Gasteiger partial charge is 0.480 e. The Kier molecular flexibility index (Phi) is 3.63. The first kappa shape index (κ1) is 11.2. The molecule has 1 rings (SSSR count). The van der Waals surface area contributed by atoms with Gasteiger partial charge in [0, 0.05) is 4.47 Å². The maximum atomic E-state index is 13.2. The lowest BCUT2D eigenvalue weighted by Gasteiger charge is -2.11. The van der Waals surface area contributed by atoms with E-state index in [1.54, 1.807) is 13.0 Å². The smallest absolute Gasteiger partial charge is 0.169 e. The predicted molar refractivity (Wildman–Crippen MR) is 54.9 cm³/mol. The summed E-state index contributed by atoms with van der Waals surface area (Å²) in [5.74, 6) is -0.518.